The largest absolute Gasteiger partial charge is 0.490 e. The van der Waals surface area contributed by atoms with E-state index in [4.69, 9.17) is 9.47 Å². The predicted molar refractivity (Wildman–Crippen MR) is 73.5 cm³/mol. The smallest absolute Gasteiger partial charge is 0.407 e. The summed E-state index contributed by atoms with van der Waals surface area (Å²) < 4.78 is 10.6. The minimum Gasteiger partial charge on any atom is -0.490 e. The summed E-state index contributed by atoms with van der Waals surface area (Å²) in [5, 5.41) is 2.60. The summed E-state index contributed by atoms with van der Waals surface area (Å²) in [6.45, 7) is 7.54. The van der Waals surface area contributed by atoms with Gasteiger partial charge in [-0.3, -0.25) is 0 Å². The van der Waals surface area contributed by atoms with Crippen LogP contribution < -0.4 is 10.1 Å². The summed E-state index contributed by atoms with van der Waals surface area (Å²) >= 11 is 0. The van der Waals surface area contributed by atoms with Crippen molar-refractivity contribution in [1.82, 2.24) is 5.32 Å². The molecule has 1 fully saturated rings. The van der Waals surface area contributed by atoms with E-state index in [1.807, 2.05) is 12.1 Å². The van der Waals surface area contributed by atoms with Gasteiger partial charge in [-0.15, -0.1) is 0 Å². The maximum atomic E-state index is 10.9. The number of benzene rings is 1. The molecule has 1 saturated heterocycles. The number of carbonyl (C=O) groups excluding carboxylic acids is 1. The first-order valence-corrected chi connectivity index (χ1v) is 6.69. The van der Waals surface area contributed by atoms with Crippen LogP contribution in [0.3, 0.4) is 0 Å². The Bertz CT molecular complexity index is 439. The van der Waals surface area contributed by atoms with Crippen molar-refractivity contribution in [2.45, 2.75) is 38.7 Å². The van der Waals surface area contributed by atoms with Crippen LogP contribution in [-0.4, -0.2) is 25.3 Å². The zero-order chi connectivity index (χ0) is 13.9. The molecule has 1 aliphatic heterocycles. The second-order valence-corrected chi connectivity index (χ2v) is 5.48. The van der Waals surface area contributed by atoms with Gasteiger partial charge in [0.05, 0.1) is 6.54 Å². The molecule has 2 rings (SSSR count). The third kappa shape index (κ3) is 3.40. The normalized spacial score (nSPS) is 18.9. The summed E-state index contributed by atoms with van der Waals surface area (Å²) in [5.41, 5.74) is 1.49. The Labute approximate surface area is 114 Å². The van der Waals surface area contributed by atoms with Crippen LogP contribution in [0.1, 0.15) is 32.8 Å². The average Bonchev–Trinajstić information content (AvgIpc) is 2.83. The van der Waals surface area contributed by atoms with E-state index in [1.54, 1.807) is 0 Å². The molecule has 1 aromatic carbocycles. The van der Waals surface area contributed by atoms with Crippen molar-refractivity contribution >= 4 is 6.09 Å². The van der Waals surface area contributed by atoms with Crippen LogP contribution in [0.5, 0.6) is 5.75 Å². The Kier molecular flexibility index (Phi) is 3.98. The van der Waals surface area contributed by atoms with Gasteiger partial charge < -0.3 is 14.8 Å². The quantitative estimate of drug-likeness (QED) is 0.888. The molecular formula is C15H21NO3. The van der Waals surface area contributed by atoms with Gasteiger partial charge in [-0.2, -0.15) is 0 Å². The highest BCUT2D eigenvalue weighted by Crippen LogP contribution is 2.28. The number of alkyl carbamates (subject to hydrolysis) is 1. The van der Waals surface area contributed by atoms with Crippen molar-refractivity contribution in [2.75, 3.05) is 13.2 Å². The van der Waals surface area contributed by atoms with Crippen LogP contribution in [-0.2, 0) is 10.2 Å². The van der Waals surface area contributed by atoms with E-state index >= 15 is 0 Å². The van der Waals surface area contributed by atoms with E-state index in [0.717, 1.165) is 12.2 Å². The maximum Gasteiger partial charge on any atom is 0.407 e. The third-order valence-electron chi connectivity index (χ3n) is 3.70. The number of cyclic esters (lactones) is 1. The number of hydrogen-bond donors (Lipinski definition) is 1. The molecule has 0 radical (unpaired) electrons. The fourth-order valence-electron chi connectivity index (χ4n) is 1.92. The highest BCUT2D eigenvalue weighted by atomic mass is 16.6. The van der Waals surface area contributed by atoms with Crippen molar-refractivity contribution in [3.8, 4) is 5.75 Å². The summed E-state index contributed by atoms with van der Waals surface area (Å²) in [6.07, 6.45) is 0.532. The van der Waals surface area contributed by atoms with E-state index in [0.29, 0.717) is 13.2 Å². The molecule has 0 aromatic heterocycles. The second-order valence-electron chi connectivity index (χ2n) is 5.48. The van der Waals surface area contributed by atoms with E-state index < -0.39 is 0 Å². The lowest BCUT2D eigenvalue weighted by Gasteiger charge is -2.23. The van der Waals surface area contributed by atoms with Crippen molar-refractivity contribution < 1.29 is 14.3 Å². The Hall–Kier alpha value is -1.71. The highest BCUT2D eigenvalue weighted by molar-refractivity contribution is 5.69. The first-order chi connectivity index (χ1) is 9.01. The number of amides is 1. The lowest BCUT2D eigenvalue weighted by atomic mass is 9.82. The molecule has 1 heterocycles. The maximum absolute atomic E-state index is 10.9. The summed E-state index contributed by atoms with van der Waals surface area (Å²) in [7, 11) is 0. The van der Waals surface area contributed by atoms with E-state index in [1.165, 1.54) is 5.56 Å². The molecule has 4 heteroatoms. The summed E-state index contributed by atoms with van der Waals surface area (Å²) in [5.74, 6) is 0.804. The zero-order valence-corrected chi connectivity index (χ0v) is 11.7. The molecule has 19 heavy (non-hydrogen) atoms. The minimum absolute atomic E-state index is 0.184. The number of hydrogen-bond acceptors (Lipinski definition) is 3. The molecule has 104 valence electrons. The van der Waals surface area contributed by atoms with Gasteiger partial charge in [0.2, 0.25) is 0 Å². The molecular weight excluding hydrogens is 242 g/mol. The Balaban J connectivity index is 1.90. The summed E-state index contributed by atoms with van der Waals surface area (Å²) in [4.78, 5) is 10.9. The van der Waals surface area contributed by atoms with Gasteiger partial charge in [0.15, 0.2) is 6.10 Å². The second kappa shape index (κ2) is 5.51. The molecule has 0 aliphatic carbocycles. The topological polar surface area (TPSA) is 47.6 Å². The average molecular weight is 263 g/mol. The van der Waals surface area contributed by atoms with Gasteiger partial charge in [-0.1, -0.05) is 32.9 Å². The molecule has 0 bridgehead atoms. The van der Waals surface area contributed by atoms with Crippen molar-refractivity contribution in [2.24, 2.45) is 0 Å². The predicted octanol–water partition coefficient (Wildman–Crippen LogP) is 2.86. The Morgan fingerprint density at radius 1 is 1.37 bits per heavy atom. The van der Waals surface area contributed by atoms with E-state index in [9.17, 15) is 4.79 Å². The lowest BCUT2D eigenvalue weighted by molar-refractivity contribution is 0.105. The van der Waals surface area contributed by atoms with Gasteiger partial charge in [-0.25, -0.2) is 4.79 Å². The fourth-order valence-corrected chi connectivity index (χ4v) is 1.92. The van der Waals surface area contributed by atoms with Gasteiger partial charge in [0.1, 0.15) is 12.4 Å². The van der Waals surface area contributed by atoms with Gasteiger partial charge in [0.25, 0.3) is 0 Å². The molecule has 1 aromatic rings. The van der Waals surface area contributed by atoms with Gasteiger partial charge >= 0.3 is 6.09 Å². The first-order valence-electron chi connectivity index (χ1n) is 6.69. The number of ether oxygens (including phenoxy) is 2. The van der Waals surface area contributed by atoms with Crippen LogP contribution in [0.2, 0.25) is 0 Å². The van der Waals surface area contributed by atoms with Crippen LogP contribution in [0.4, 0.5) is 4.79 Å². The lowest BCUT2D eigenvalue weighted by Crippen LogP contribution is -2.22. The van der Waals surface area contributed by atoms with Gasteiger partial charge in [-0.05, 0) is 29.5 Å². The zero-order valence-electron chi connectivity index (χ0n) is 11.7. The first kappa shape index (κ1) is 13.7. The highest BCUT2D eigenvalue weighted by Gasteiger charge is 2.23. The Morgan fingerprint density at radius 2 is 2.05 bits per heavy atom. The molecule has 0 unspecified atom stereocenters. The minimum atomic E-state index is -0.367. The molecule has 0 spiro atoms. The van der Waals surface area contributed by atoms with Crippen LogP contribution in [0.25, 0.3) is 0 Å². The fraction of sp³-hybridized carbons (Fsp3) is 0.533. The molecule has 4 nitrogen and oxygen atoms in total. The number of rotatable bonds is 5. The molecule has 0 saturated carbocycles. The van der Waals surface area contributed by atoms with Crippen molar-refractivity contribution in [3.05, 3.63) is 29.8 Å². The SMILES string of the molecule is CCC(C)(C)c1ccc(OC[C@@H]2CNC(=O)O2)cc1. The van der Waals surface area contributed by atoms with E-state index in [-0.39, 0.29) is 17.6 Å². The number of carbonyl (C=O) groups is 1. The van der Waals surface area contributed by atoms with Crippen LogP contribution >= 0.6 is 0 Å². The summed E-state index contributed by atoms with van der Waals surface area (Å²) in [6, 6.07) is 8.13. The monoisotopic (exact) mass is 263 g/mol. The molecule has 1 amide bonds. The van der Waals surface area contributed by atoms with Crippen molar-refractivity contribution in [3.63, 3.8) is 0 Å². The van der Waals surface area contributed by atoms with Crippen LogP contribution in [0.15, 0.2) is 24.3 Å². The van der Waals surface area contributed by atoms with Gasteiger partial charge in [0, 0.05) is 0 Å². The van der Waals surface area contributed by atoms with Crippen LogP contribution in [0, 0.1) is 0 Å². The van der Waals surface area contributed by atoms with E-state index in [2.05, 4.69) is 38.2 Å². The standard InChI is InChI=1S/C15H21NO3/c1-4-15(2,3)11-5-7-12(8-6-11)18-10-13-9-16-14(17)19-13/h5-8,13H,4,9-10H2,1-3H3,(H,16,17)/t13-/m0/s1. The third-order valence-corrected chi connectivity index (χ3v) is 3.70. The van der Waals surface area contributed by atoms with Crippen molar-refractivity contribution in [1.29, 1.82) is 0 Å². The molecule has 1 atom stereocenters. The number of nitrogens with one attached hydrogen (secondary N) is 1. The Morgan fingerprint density at radius 3 is 2.58 bits per heavy atom. The molecule has 1 N–H and O–H groups in total. The molecule has 1 aliphatic rings.